The average molecular weight is 337 g/mol. The zero-order chi connectivity index (χ0) is 17.1. The van der Waals surface area contributed by atoms with Crippen LogP contribution in [0.25, 0.3) is 0 Å². The van der Waals surface area contributed by atoms with Crippen molar-refractivity contribution in [3.05, 3.63) is 52.9 Å². The minimum absolute atomic E-state index is 0.00886. The molecule has 1 N–H and O–H groups in total. The number of aliphatic hydroxyl groups excluding tert-OH is 1. The summed E-state index contributed by atoms with van der Waals surface area (Å²) in [5.41, 5.74) is 0.874. The number of β-amino-alcohol motifs (C(OH)–C–C–N with tert-alkyl or cyclic N) is 1. The monoisotopic (exact) mass is 337 g/mol. The fourth-order valence-electron chi connectivity index (χ4n) is 2.95. The molecule has 0 amide bonds. The van der Waals surface area contributed by atoms with Crippen molar-refractivity contribution in [3.63, 3.8) is 0 Å². The Bertz CT molecular complexity index is 684. The highest BCUT2D eigenvalue weighted by Gasteiger charge is 2.22. The Hall–Kier alpha value is -1.83. The number of aliphatic hydroxyl groups is 1. The van der Waals surface area contributed by atoms with Gasteiger partial charge >= 0.3 is 0 Å². The second-order valence-corrected chi connectivity index (χ2v) is 6.19. The largest absolute Gasteiger partial charge is 0.387 e. The number of hydrogen-bond donors (Lipinski definition) is 1. The van der Waals surface area contributed by atoms with Gasteiger partial charge in [0.05, 0.1) is 18.3 Å². The van der Waals surface area contributed by atoms with E-state index in [-0.39, 0.29) is 12.1 Å². The van der Waals surface area contributed by atoms with Gasteiger partial charge in [-0.1, -0.05) is 5.16 Å². The third kappa shape index (κ3) is 4.17. The maximum atomic E-state index is 13.7. The number of aromatic nitrogens is 1. The topological polar surface area (TPSA) is 52.7 Å². The van der Waals surface area contributed by atoms with Gasteiger partial charge in [-0.3, -0.25) is 9.80 Å². The lowest BCUT2D eigenvalue weighted by molar-refractivity contribution is 0.0654. The molecule has 0 aliphatic carbocycles. The summed E-state index contributed by atoms with van der Waals surface area (Å²) in [7, 11) is 0. The molecule has 1 saturated heterocycles. The minimum atomic E-state index is -1.04. The summed E-state index contributed by atoms with van der Waals surface area (Å²) in [5, 5.41) is 14.1. The van der Waals surface area contributed by atoms with Gasteiger partial charge in [-0.05, 0) is 25.1 Å². The van der Waals surface area contributed by atoms with Crippen LogP contribution < -0.4 is 0 Å². The third-order valence-electron chi connectivity index (χ3n) is 4.27. The number of nitrogens with zero attached hydrogens (tertiary/aromatic N) is 3. The molecule has 0 bridgehead atoms. The molecule has 24 heavy (non-hydrogen) atoms. The zero-order valence-corrected chi connectivity index (χ0v) is 13.6. The Morgan fingerprint density at radius 1 is 1.17 bits per heavy atom. The van der Waals surface area contributed by atoms with Crippen LogP contribution in [-0.4, -0.2) is 52.8 Å². The van der Waals surface area contributed by atoms with Gasteiger partial charge in [0.1, 0.15) is 11.6 Å². The number of rotatable bonds is 5. The molecule has 2 heterocycles. The van der Waals surface area contributed by atoms with E-state index in [1.54, 1.807) is 0 Å². The van der Waals surface area contributed by atoms with Crippen LogP contribution in [0.4, 0.5) is 8.78 Å². The van der Waals surface area contributed by atoms with Crippen LogP contribution in [0.3, 0.4) is 0 Å². The van der Waals surface area contributed by atoms with Crippen molar-refractivity contribution in [2.45, 2.75) is 19.6 Å². The molecule has 1 aromatic heterocycles. The third-order valence-corrected chi connectivity index (χ3v) is 4.27. The summed E-state index contributed by atoms with van der Waals surface area (Å²) in [6.45, 7) is 6.02. The summed E-state index contributed by atoms with van der Waals surface area (Å²) in [5.74, 6) is -0.288. The molecule has 2 aromatic rings. The lowest BCUT2D eigenvalue weighted by Crippen LogP contribution is -2.47. The molecule has 5 nitrogen and oxygen atoms in total. The average Bonchev–Trinajstić information content (AvgIpc) is 2.96. The molecular weight excluding hydrogens is 316 g/mol. The Labute approximate surface area is 139 Å². The van der Waals surface area contributed by atoms with E-state index in [1.807, 2.05) is 13.0 Å². The first kappa shape index (κ1) is 17.0. The molecular formula is C17H21F2N3O2. The molecule has 1 aliphatic heterocycles. The summed E-state index contributed by atoms with van der Waals surface area (Å²) < 4.78 is 32.2. The Morgan fingerprint density at radius 2 is 1.88 bits per heavy atom. The van der Waals surface area contributed by atoms with Gasteiger partial charge < -0.3 is 9.63 Å². The Morgan fingerprint density at radius 3 is 2.54 bits per heavy atom. The number of benzene rings is 1. The fraction of sp³-hybridized carbons (Fsp3) is 0.471. The quantitative estimate of drug-likeness (QED) is 0.906. The van der Waals surface area contributed by atoms with Crippen LogP contribution in [0.2, 0.25) is 0 Å². The van der Waals surface area contributed by atoms with Crippen molar-refractivity contribution < 1.29 is 18.4 Å². The normalized spacial score (nSPS) is 18.0. The van der Waals surface area contributed by atoms with Crippen LogP contribution in [0, 0.1) is 18.6 Å². The van der Waals surface area contributed by atoms with E-state index in [2.05, 4.69) is 15.0 Å². The second-order valence-electron chi connectivity index (χ2n) is 6.19. The molecule has 3 rings (SSSR count). The van der Waals surface area contributed by atoms with Crippen molar-refractivity contribution in [1.29, 1.82) is 0 Å². The molecule has 1 aromatic carbocycles. The standard InChI is InChI=1S/C17H21F2N3O2/c1-12-8-14(24-20-12)10-21-4-6-22(7-5-21)11-17(23)15-9-13(18)2-3-16(15)19/h2-3,8-9,17,23H,4-7,10-11H2,1H3. The van der Waals surface area contributed by atoms with Crippen molar-refractivity contribution >= 4 is 0 Å². The van der Waals surface area contributed by atoms with Gasteiger partial charge in [0.15, 0.2) is 5.76 Å². The molecule has 130 valence electrons. The first-order valence-electron chi connectivity index (χ1n) is 8.01. The molecule has 0 saturated carbocycles. The van der Waals surface area contributed by atoms with Crippen LogP contribution >= 0.6 is 0 Å². The molecule has 7 heteroatoms. The van der Waals surface area contributed by atoms with Gasteiger partial charge in [0.25, 0.3) is 0 Å². The molecule has 0 spiro atoms. The van der Waals surface area contributed by atoms with Crippen LogP contribution in [0.5, 0.6) is 0 Å². The minimum Gasteiger partial charge on any atom is -0.387 e. The summed E-state index contributed by atoms with van der Waals surface area (Å²) in [4.78, 5) is 4.29. The van der Waals surface area contributed by atoms with Crippen molar-refractivity contribution in [1.82, 2.24) is 15.0 Å². The number of aryl methyl sites for hydroxylation is 1. The van der Waals surface area contributed by atoms with Gasteiger partial charge in [-0.15, -0.1) is 0 Å². The van der Waals surface area contributed by atoms with Gasteiger partial charge in [0, 0.05) is 44.4 Å². The molecule has 1 fully saturated rings. The van der Waals surface area contributed by atoms with E-state index in [4.69, 9.17) is 4.52 Å². The Kier molecular flexibility index (Phi) is 5.23. The van der Waals surface area contributed by atoms with E-state index in [9.17, 15) is 13.9 Å². The van der Waals surface area contributed by atoms with Crippen LogP contribution in [0.15, 0.2) is 28.8 Å². The summed E-state index contributed by atoms with van der Waals surface area (Å²) in [6.07, 6.45) is -1.04. The first-order chi connectivity index (χ1) is 11.5. The zero-order valence-electron chi connectivity index (χ0n) is 13.6. The highest BCUT2D eigenvalue weighted by molar-refractivity contribution is 5.21. The van der Waals surface area contributed by atoms with Crippen molar-refractivity contribution in [2.24, 2.45) is 0 Å². The molecule has 1 atom stereocenters. The van der Waals surface area contributed by atoms with Crippen molar-refractivity contribution in [2.75, 3.05) is 32.7 Å². The maximum absolute atomic E-state index is 13.7. The SMILES string of the molecule is Cc1cc(CN2CCN(CC(O)c3cc(F)ccc3F)CC2)on1. The highest BCUT2D eigenvalue weighted by Crippen LogP contribution is 2.20. The lowest BCUT2D eigenvalue weighted by atomic mass is 10.1. The first-order valence-corrected chi connectivity index (χ1v) is 8.01. The highest BCUT2D eigenvalue weighted by atomic mass is 19.1. The van der Waals surface area contributed by atoms with Crippen molar-refractivity contribution in [3.8, 4) is 0 Å². The molecule has 0 radical (unpaired) electrons. The van der Waals surface area contributed by atoms with Crippen LogP contribution in [0.1, 0.15) is 23.1 Å². The number of hydrogen-bond acceptors (Lipinski definition) is 5. The van der Waals surface area contributed by atoms with Crippen LogP contribution in [-0.2, 0) is 6.54 Å². The maximum Gasteiger partial charge on any atom is 0.150 e. The predicted octanol–water partition coefficient (Wildman–Crippen LogP) is 2.11. The fourth-order valence-corrected chi connectivity index (χ4v) is 2.95. The molecule has 1 unspecified atom stereocenters. The summed E-state index contributed by atoms with van der Waals surface area (Å²) >= 11 is 0. The number of piperazine rings is 1. The van der Waals surface area contributed by atoms with Gasteiger partial charge in [0.2, 0.25) is 0 Å². The van der Waals surface area contributed by atoms with E-state index >= 15 is 0 Å². The Balaban J connectivity index is 1.50. The lowest BCUT2D eigenvalue weighted by Gasteiger charge is -2.35. The second kappa shape index (κ2) is 7.38. The molecule has 1 aliphatic rings. The van der Waals surface area contributed by atoms with E-state index in [0.29, 0.717) is 6.54 Å². The van der Waals surface area contributed by atoms with E-state index < -0.39 is 17.7 Å². The van der Waals surface area contributed by atoms with Gasteiger partial charge in [-0.2, -0.15) is 0 Å². The predicted molar refractivity (Wildman–Crippen MR) is 84.3 cm³/mol. The smallest absolute Gasteiger partial charge is 0.150 e. The summed E-state index contributed by atoms with van der Waals surface area (Å²) in [6, 6.07) is 5.08. The number of halogens is 2. The van der Waals surface area contributed by atoms with E-state index in [1.165, 1.54) is 0 Å². The van der Waals surface area contributed by atoms with Gasteiger partial charge in [-0.25, -0.2) is 8.78 Å². The van der Waals surface area contributed by atoms with E-state index in [0.717, 1.165) is 55.8 Å².